The number of terminal acetylenes is 1. The highest BCUT2D eigenvalue weighted by molar-refractivity contribution is 5.90. The minimum Gasteiger partial charge on any atom is -0.328 e. The van der Waals surface area contributed by atoms with Crippen molar-refractivity contribution >= 4 is 5.91 Å². The van der Waals surface area contributed by atoms with E-state index in [-0.39, 0.29) is 18.3 Å². The van der Waals surface area contributed by atoms with Gasteiger partial charge in [0.05, 0.1) is 12.2 Å². The lowest BCUT2D eigenvalue weighted by Crippen LogP contribution is -2.28. The van der Waals surface area contributed by atoms with Crippen molar-refractivity contribution in [2.75, 3.05) is 13.6 Å². The van der Waals surface area contributed by atoms with Crippen molar-refractivity contribution in [3.05, 3.63) is 42.0 Å². The molecule has 5 heteroatoms. The maximum Gasteiger partial charge on any atom is 0.294 e. The highest BCUT2D eigenvalue weighted by Crippen LogP contribution is 2.09. The summed E-state index contributed by atoms with van der Waals surface area (Å²) in [6.45, 7) is 2.04. The number of hydrogen-bond donors (Lipinski definition) is 0. The number of carbonyl (C=O) groups is 1. The minimum atomic E-state index is -0.282. The number of aryl methyl sites for hydroxylation is 1. The molecule has 1 aromatic carbocycles. The highest BCUT2D eigenvalue weighted by atomic mass is 16.2. The first-order valence-corrected chi connectivity index (χ1v) is 5.81. The maximum atomic E-state index is 12.0. The summed E-state index contributed by atoms with van der Waals surface area (Å²) < 4.78 is 1.64. The van der Waals surface area contributed by atoms with Crippen molar-refractivity contribution in [2.24, 2.45) is 0 Å². The second-order valence-corrected chi connectivity index (χ2v) is 4.10. The molecule has 0 radical (unpaired) electrons. The van der Waals surface area contributed by atoms with Crippen molar-refractivity contribution in [2.45, 2.75) is 6.92 Å². The highest BCUT2D eigenvalue weighted by Gasteiger charge is 2.18. The zero-order chi connectivity index (χ0) is 13.8. The molecule has 19 heavy (non-hydrogen) atoms. The van der Waals surface area contributed by atoms with Crippen molar-refractivity contribution in [1.82, 2.24) is 19.7 Å². The average molecular weight is 254 g/mol. The van der Waals surface area contributed by atoms with Gasteiger partial charge in [0, 0.05) is 7.05 Å². The van der Waals surface area contributed by atoms with Gasteiger partial charge in [0.2, 0.25) is 5.82 Å². The Bertz CT molecular complexity index is 625. The molecule has 0 saturated carbocycles. The lowest BCUT2D eigenvalue weighted by Gasteiger charge is -2.10. The molecule has 0 aliphatic rings. The fraction of sp³-hybridized carbons (Fsp3) is 0.214. The first-order valence-electron chi connectivity index (χ1n) is 5.81. The normalized spacial score (nSPS) is 9.95. The average Bonchev–Trinajstić information content (AvgIpc) is 2.81. The first-order chi connectivity index (χ1) is 9.13. The Morgan fingerprint density at radius 3 is 2.74 bits per heavy atom. The summed E-state index contributed by atoms with van der Waals surface area (Å²) in [4.78, 5) is 17.6. The van der Waals surface area contributed by atoms with Crippen LogP contribution in [0.2, 0.25) is 0 Å². The summed E-state index contributed by atoms with van der Waals surface area (Å²) in [5, 5.41) is 4.23. The van der Waals surface area contributed by atoms with Crippen LogP contribution in [0.3, 0.4) is 0 Å². The second kappa shape index (κ2) is 5.36. The third-order valence-electron chi connectivity index (χ3n) is 2.64. The van der Waals surface area contributed by atoms with Gasteiger partial charge in [0.15, 0.2) is 0 Å². The fourth-order valence-electron chi connectivity index (χ4n) is 1.67. The third kappa shape index (κ3) is 2.63. The summed E-state index contributed by atoms with van der Waals surface area (Å²) in [5.41, 5.74) is 0.867. The van der Waals surface area contributed by atoms with E-state index in [1.807, 2.05) is 30.3 Å². The predicted molar refractivity (Wildman–Crippen MR) is 71.9 cm³/mol. The van der Waals surface area contributed by atoms with Crippen molar-refractivity contribution in [3.8, 4) is 18.0 Å². The van der Waals surface area contributed by atoms with Crippen LogP contribution in [-0.4, -0.2) is 39.2 Å². The van der Waals surface area contributed by atoms with Crippen LogP contribution in [0.1, 0.15) is 16.4 Å². The molecule has 5 nitrogen and oxygen atoms in total. The molecule has 0 bridgehead atoms. The molecule has 0 spiro atoms. The first kappa shape index (κ1) is 12.8. The van der Waals surface area contributed by atoms with Crippen molar-refractivity contribution < 1.29 is 4.79 Å². The van der Waals surface area contributed by atoms with Gasteiger partial charge in [-0.1, -0.05) is 24.1 Å². The molecule has 0 fully saturated rings. The molecule has 0 unspecified atom stereocenters. The molecular weight excluding hydrogens is 240 g/mol. The number of nitrogens with zero attached hydrogens (tertiary/aromatic N) is 4. The minimum absolute atomic E-state index is 0.152. The number of aromatic nitrogens is 3. The SMILES string of the molecule is C#CCN(C)C(=O)c1nc(C)n(-c2ccccc2)n1. The lowest BCUT2D eigenvalue weighted by atomic mass is 10.3. The number of benzene rings is 1. The van der Waals surface area contributed by atoms with E-state index in [4.69, 9.17) is 6.42 Å². The standard InChI is InChI=1S/C14H14N4O/c1-4-10-17(3)14(19)13-15-11(2)18(16-13)12-8-6-5-7-9-12/h1,5-9H,10H2,2-3H3. The van der Waals surface area contributed by atoms with Gasteiger partial charge in [0.25, 0.3) is 5.91 Å². The number of amides is 1. The van der Waals surface area contributed by atoms with Crippen molar-refractivity contribution in [3.63, 3.8) is 0 Å². The Morgan fingerprint density at radius 2 is 2.11 bits per heavy atom. The molecule has 0 N–H and O–H groups in total. The van der Waals surface area contributed by atoms with E-state index >= 15 is 0 Å². The zero-order valence-corrected chi connectivity index (χ0v) is 10.9. The van der Waals surface area contributed by atoms with Crippen LogP contribution >= 0.6 is 0 Å². The lowest BCUT2D eigenvalue weighted by molar-refractivity contribution is 0.0800. The predicted octanol–water partition coefficient (Wildman–Crippen LogP) is 1.28. The summed E-state index contributed by atoms with van der Waals surface area (Å²) in [5.74, 6) is 2.94. The number of rotatable bonds is 3. The van der Waals surface area contributed by atoms with Gasteiger partial charge >= 0.3 is 0 Å². The summed E-state index contributed by atoms with van der Waals surface area (Å²) in [6, 6.07) is 9.54. The van der Waals surface area contributed by atoms with E-state index in [1.54, 1.807) is 18.7 Å². The van der Waals surface area contributed by atoms with Crippen LogP contribution in [0.4, 0.5) is 0 Å². The van der Waals surface area contributed by atoms with E-state index in [0.717, 1.165) is 5.69 Å². The van der Waals surface area contributed by atoms with E-state index in [9.17, 15) is 4.79 Å². The van der Waals surface area contributed by atoms with Crippen LogP contribution < -0.4 is 0 Å². The topological polar surface area (TPSA) is 51.0 Å². The largest absolute Gasteiger partial charge is 0.328 e. The van der Waals surface area contributed by atoms with Crippen LogP contribution in [0.15, 0.2) is 30.3 Å². The molecule has 2 rings (SSSR count). The molecule has 0 saturated heterocycles. The van der Waals surface area contributed by atoms with Gasteiger partial charge in [-0.25, -0.2) is 9.67 Å². The van der Waals surface area contributed by atoms with Gasteiger partial charge in [-0.05, 0) is 19.1 Å². The third-order valence-corrected chi connectivity index (χ3v) is 2.64. The van der Waals surface area contributed by atoms with Gasteiger partial charge < -0.3 is 4.90 Å². The molecule has 0 atom stereocenters. The van der Waals surface area contributed by atoms with E-state index in [1.165, 1.54) is 4.90 Å². The van der Waals surface area contributed by atoms with E-state index in [2.05, 4.69) is 16.0 Å². The molecule has 1 amide bonds. The van der Waals surface area contributed by atoms with Gasteiger partial charge in [-0.2, -0.15) is 0 Å². The van der Waals surface area contributed by atoms with Crippen LogP contribution in [-0.2, 0) is 0 Å². The number of carbonyl (C=O) groups excluding carboxylic acids is 1. The van der Waals surface area contributed by atoms with E-state index < -0.39 is 0 Å². The van der Waals surface area contributed by atoms with Crippen molar-refractivity contribution in [1.29, 1.82) is 0 Å². The molecule has 1 aromatic heterocycles. The Labute approximate surface area is 111 Å². The fourth-order valence-corrected chi connectivity index (χ4v) is 1.67. The molecule has 0 aliphatic carbocycles. The smallest absolute Gasteiger partial charge is 0.294 e. The quantitative estimate of drug-likeness (QED) is 0.775. The second-order valence-electron chi connectivity index (χ2n) is 4.10. The Hall–Kier alpha value is -2.61. The molecule has 96 valence electrons. The summed E-state index contributed by atoms with van der Waals surface area (Å²) in [6.07, 6.45) is 5.18. The summed E-state index contributed by atoms with van der Waals surface area (Å²) in [7, 11) is 1.63. The van der Waals surface area contributed by atoms with Crippen LogP contribution in [0.5, 0.6) is 0 Å². The van der Waals surface area contributed by atoms with Crippen LogP contribution in [0.25, 0.3) is 5.69 Å². The van der Waals surface area contributed by atoms with Gasteiger partial charge in [0.1, 0.15) is 5.82 Å². The number of para-hydroxylation sites is 1. The van der Waals surface area contributed by atoms with E-state index in [0.29, 0.717) is 5.82 Å². The number of hydrogen-bond acceptors (Lipinski definition) is 3. The monoisotopic (exact) mass is 254 g/mol. The Balaban J connectivity index is 2.32. The molecule has 2 aromatic rings. The van der Waals surface area contributed by atoms with Gasteiger partial charge in [-0.3, -0.25) is 4.79 Å². The summed E-state index contributed by atoms with van der Waals surface area (Å²) >= 11 is 0. The molecule has 1 heterocycles. The van der Waals surface area contributed by atoms with Crippen LogP contribution in [0, 0.1) is 19.3 Å². The zero-order valence-electron chi connectivity index (χ0n) is 10.9. The maximum absolute atomic E-state index is 12.0. The molecular formula is C14H14N4O. The Morgan fingerprint density at radius 1 is 1.42 bits per heavy atom. The Kier molecular flexibility index (Phi) is 3.62. The van der Waals surface area contributed by atoms with Gasteiger partial charge in [-0.15, -0.1) is 11.5 Å². The molecule has 0 aliphatic heterocycles.